The van der Waals surface area contributed by atoms with Crippen molar-refractivity contribution in [3.63, 3.8) is 0 Å². The van der Waals surface area contributed by atoms with Gasteiger partial charge in [0.25, 0.3) is 0 Å². The standard InChI is InChI=1S/C11H23NO2/c1-5-7-12(8-6-2)10(14)11(3,4)9-13/h13H,5-9H2,1-4H3. The van der Waals surface area contributed by atoms with Gasteiger partial charge in [-0.05, 0) is 26.7 Å². The molecule has 84 valence electrons. The molecule has 1 amide bonds. The number of nitrogens with zero attached hydrogens (tertiary/aromatic N) is 1. The van der Waals surface area contributed by atoms with Gasteiger partial charge in [0.1, 0.15) is 0 Å². The Kier molecular flexibility index (Phi) is 5.77. The minimum absolute atomic E-state index is 0.0590. The van der Waals surface area contributed by atoms with Crippen LogP contribution in [0.2, 0.25) is 0 Å². The minimum atomic E-state index is -0.635. The van der Waals surface area contributed by atoms with E-state index in [1.54, 1.807) is 13.8 Å². The van der Waals surface area contributed by atoms with Crippen molar-refractivity contribution in [2.75, 3.05) is 19.7 Å². The molecule has 0 aliphatic carbocycles. The summed E-state index contributed by atoms with van der Waals surface area (Å²) in [6, 6.07) is 0. The van der Waals surface area contributed by atoms with Crippen molar-refractivity contribution >= 4 is 5.91 Å². The largest absolute Gasteiger partial charge is 0.395 e. The van der Waals surface area contributed by atoms with E-state index in [4.69, 9.17) is 5.11 Å². The first-order valence-electron chi connectivity index (χ1n) is 5.39. The van der Waals surface area contributed by atoms with E-state index in [0.29, 0.717) is 0 Å². The van der Waals surface area contributed by atoms with Crippen molar-refractivity contribution in [1.29, 1.82) is 0 Å². The van der Waals surface area contributed by atoms with Gasteiger partial charge in [-0.15, -0.1) is 0 Å². The van der Waals surface area contributed by atoms with E-state index in [1.807, 2.05) is 4.90 Å². The predicted molar refractivity (Wildman–Crippen MR) is 58.0 cm³/mol. The molecular formula is C11H23NO2. The second kappa shape index (κ2) is 6.02. The van der Waals surface area contributed by atoms with E-state index >= 15 is 0 Å². The number of rotatable bonds is 6. The highest BCUT2D eigenvalue weighted by molar-refractivity contribution is 5.82. The van der Waals surface area contributed by atoms with Gasteiger partial charge in [-0.3, -0.25) is 4.79 Å². The van der Waals surface area contributed by atoms with E-state index < -0.39 is 5.41 Å². The Bertz CT molecular complexity index is 172. The summed E-state index contributed by atoms with van der Waals surface area (Å²) in [5.74, 6) is 0.0590. The van der Waals surface area contributed by atoms with Gasteiger partial charge in [-0.2, -0.15) is 0 Å². The molecule has 0 spiro atoms. The lowest BCUT2D eigenvalue weighted by Gasteiger charge is -2.30. The summed E-state index contributed by atoms with van der Waals surface area (Å²) < 4.78 is 0. The Morgan fingerprint density at radius 2 is 1.64 bits per heavy atom. The van der Waals surface area contributed by atoms with Crippen LogP contribution in [0, 0.1) is 5.41 Å². The Morgan fingerprint density at radius 3 is 1.93 bits per heavy atom. The molecule has 14 heavy (non-hydrogen) atoms. The lowest BCUT2D eigenvalue weighted by molar-refractivity contribution is -0.142. The number of carbonyl (C=O) groups is 1. The molecule has 0 saturated heterocycles. The normalized spacial score (nSPS) is 11.5. The number of hydrogen-bond donors (Lipinski definition) is 1. The van der Waals surface area contributed by atoms with Gasteiger partial charge in [-0.1, -0.05) is 13.8 Å². The maximum atomic E-state index is 11.9. The second-order valence-corrected chi connectivity index (χ2v) is 4.33. The Balaban J connectivity index is 4.41. The van der Waals surface area contributed by atoms with Gasteiger partial charge in [0.05, 0.1) is 12.0 Å². The molecule has 0 radical (unpaired) electrons. The zero-order valence-electron chi connectivity index (χ0n) is 9.84. The first kappa shape index (κ1) is 13.4. The lowest BCUT2D eigenvalue weighted by atomic mass is 9.92. The second-order valence-electron chi connectivity index (χ2n) is 4.33. The average molecular weight is 201 g/mol. The van der Waals surface area contributed by atoms with Crippen LogP contribution < -0.4 is 0 Å². The van der Waals surface area contributed by atoms with Crippen molar-refractivity contribution in [3.05, 3.63) is 0 Å². The first-order chi connectivity index (χ1) is 6.49. The summed E-state index contributed by atoms with van der Waals surface area (Å²) in [4.78, 5) is 13.8. The number of carbonyl (C=O) groups excluding carboxylic acids is 1. The summed E-state index contributed by atoms with van der Waals surface area (Å²) in [6.45, 7) is 9.17. The van der Waals surface area contributed by atoms with Crippen LogP contribution in [0.5, 0.6) is 0 Å². The third-order valence-corrected chi connectivity index (χ3v) is 2.25. The fourth-order valence-electron chi connectivity index (χ4n) is 1.35. The van der Waals surface area contributed by atoms with Gasteiger partial charge in [0, 0.05) is 13.1 Å². The summed E-state index contributed by atoms with van der Waals surface area (Å²) in [6.07, 6.45) is 1.93. The van der Waals surface area contributed by atoms with Crippen molar-refractivity contribution < 1.29 is 9.90 Å². The minimum Gasteiger partial charge on any atom is -0.395 e. The fourth-order valence-corrected chi connectivity index (χ4v) is 1.35. The van der Waals surface area contributed by atoms with Gasteiger partial charge in [-0.25, -0.2) is 0 Å². The van der Waals surface area contributed by atoms with Crippen LogP contribution in [-0.2, 0) is 4.79 Å². The maximum absolute atomic E-state index is 11.9. The molecule has 0 atom stereocenters. The Labute approximate surface area is 87.1 Å². The van der Waals surface area contributed by atoms with Gasteiger partial charge in [0.2, 0.25) is 5.91 Å². The van der Waals surface area contributed by atoms with Gasteiger partial charge in [0.15, 0.2) is 0 Å². The summed E-state index contributed by atoms with van der Waals surface area (Å²) >= 11 is 0. The van der Waals surface area contributed by atoms with Crippen LogP contribution in [0.15, 0.2) is 0 Å². The SMILES string of the molecule is CCCN(CCC)C(=O)C(C)(C)CO. The predicted octanol–water partition coefficient (Wildman–Crippen LogP) is 1.65. The molecule has 0 rings (SSSR count). The quantitative estimate of drug-likeness (QED) is 0.710. The van der Waals surface area contributed by atoms with Crippen molar-refractivity contribution in [2.45, 2.75) is 40.5 Å². The van der Waals surface area contributed by atoms with E-state index in [-0.39, 0.29) is 12.5 Å². The van der Waals surface area contributed by atoms with Crippen LogP contribution in [0.3, 0.4) is 0 Å². The molecule has 3 heteroatoms. The fraction of sp³-hybridized carbons (Fsp3) is 0.909. The monoisotopic (exact) mass is 201 g/mol. The van der Waals surface area contributed by atoms with Crippen LogP contribution in [0.4, 0.5) is 0 Å². The highest BCUT2D eigenvalue weighted by atomic mass is 16.3. The molecule has 0 aromatic heterocycles. The molecule has 0 fully saturated rings. The molecule has 0 heterocycles. The first-order valence-corrected chi connectivity index (χ1v) is 5.39. The highest BCUT2D eigenvalue weighted by Gasteiger charge is 2.30. The smallest absolute Gasteiger partial charge is 0.230 e. The molecular weight excluding hydrogens is 178 g/mol. The average Bonchev–Trinajstić information content (AvgIpc) is 2.16. The van der Waals surface area contributed by atoms with Crippen LogP contribution >= 0.6 is 0 Å². The summed E-state index contributed by atoms with van der Waals surface area (Å²) in [5.41, 5.74) is -0.635. The molecule has 3 nitrogen and oxygen atoms in total. The third kappa shape index (κ3) is 3.66. The molecule has 0 aromatic carbocycles. The van der Waals surface area contributed by atoms with Crippen LogP contribution in [0.25, 0.3) is 0 Å². The molecule has 0 aromatic rings. The lowest BCUT2D eigenvalue weighted by Crippen LogP contribution is -2.43. The summed E-state index contributed by atoms with van der Waals surface area (Å²) in [5, 5.41) is 9.10. The highest BCUT2D eigenvalue weighted by Crippen LogP contribution is 2.18. The van der Waals surface area contributed by atoms with Crippen molar-refractivity contribution in [1.82, 2.24) is 4.90 Å². The van der Waals surface area contributed by atoms with Crippen molar-refractivity contribution in [2.24, 2.45) is 5.41 Å². The Morgan fingerprint density at radius 1 is 1.21 bits per heavy atom. The van der Waals surface area contributed by atoms with Crippen LogP contribution in [-0.4, -0.2) is 35.6 Å². The zero-order valence-corrected chi connectivity index (χ0v) is 9.84. The summed E-state index contributed by atoms with van der Waals surface area (Å²) in [7, 11) is 0. The molecule has 0 unspecified atom stereocenters. The zero-order chi connectivity index (χ0) is 11.2. The molecule has 1 N–H and O–H groups in total. The van der Waals surface area contributed by atoms with E-state index in [9.17, 15) is 4.79 Å². The number of aliphatic hydroxyl groups is 1. The maximum Gasteiger partial charge on any atom is 0.230 e. The van der Waals surface area contributed by atoms with E-state index in [1.165, 1.54) is 0 Å². The van der Waals surface area contributed by atoms with E-state index in [2.05, 4.69) is 13.8 Å². The number of aliphatic hydroxyl groups excluding tert-OH is 1. The molecule has 0 saturated carbocycles. The van der Waals surface area contributed by atoms with Gasteiger partial charge < -0.3 is 10.0 Å². The number of hydrogen-bond acceptors (Lipinski definition) is 2. The van der Waals surface area contributed by atoms with E-state index in [0.717, 1.165) is 25.9 Å². The van der Waals surface area contributed by atoms with Crippen molar-refractivity contribution in [3.8, 4) is 0 Å². The molecule has 0 aliphatic rings. The number of amides is 1. The Hall–Kier alpha value is -0.570. The topological polar surface area (TPSA) is 40.5 Å². The third-order valence-electron chi connectivity index (χ3n) is 2.25. The molecule has 0 bridgehead atoms. The molecule has 0 aliphatic heterocycles. The van der Waals surface area contributed by atoms with Crippen LogP contribution in [0.1, 0.15) is 40.5 Å². The van der Waals surface area contributed by atoms with Gasteiger partial charge >= 0.3 is 0 Å².